The van der Waals surface area contributed by atoms with Gasteiger partial charge in [0.2, 0.25) is 0 Å². The lowest BCUT2D eigenvalue weighted by Gasteiger charge is -2.30. The molecule has 1 aliphatic rings. The Hall–Kier alpha value is -1.40. The molecule has 112 valence electrons. The average molecular weight is 350 g/mol. The van der Waals surface area contributed by atoms with Crippen molar-refractivity contribution in [3.8, 4) is 0 Å². The summed E-state index contributed by atoms with van der Waals surface area (Å²) in [6.45, 7) is 6.81. The summed E-state index contributed by atoms with van der Waals surface area (Å²) in [4.78, 5) is 11.4. The Balaban J connectivity index is 1.81. The average Bonchev–Trinajstić information content (AvgIpc) is 2.95. The molecular formula is C15H20BrN5. The second-order valence-corrected chi connectivity index (χ2v) is 6.19. The van der Waals surface area contributed by atoms with Crippen molar-refractivity contribution < 1.29 is 0 Å². The Labute approximate surface area is 133 Å². The molecule has 0 saturated heterocycles. The molecule has 0 spiro atoms. The van der Waals surface area contributed by atoms with Crippen LogP contribution in [0, 0.1) is 0 Å². The number of hydrogen-bond acceptors (Lipinski definition) is 4. The van der Waals surface area contributed by atoms with Gasteiger partial charge in [0, 0.05) is 48.3 Å². The Kier molecular flexibility index (Phi) is 4.55. The van der Waals surface area contributed by atoms with E-state index in [9.17, 15) is 0 Å². The maximum absolute atomic E-state index is 4.64. The number of anilines is 1. The lowest BCUT2D eigenvalue weighted by Crippen LogP contribution is -2.35. The zero-order valence-electron chi connectivity index (χ0n) is 12.2. The van der Waals surface area contributed by atoms with Gasteiger partial charge in [0.1, 0.15) is 11.6 Å². The van der Waals surface area contributed by atoms with Crippen molar-refractivity contribution in [1.82, 2.24) is 19.9 Å². The SMILES string of the molecule is CCCNCc1cc(Br)cnc1N1CCn2ccnc2C1. The second kappa shape index (κ2) is 6.58. The zero-order valence-corrected chi connectivity index (χ0v) is 13.8. The molecule has 0 bridgehead atoms. The van der Waals surface area contributed by atoms with Gasteiger partial charge in [-0.15, -0.1) is 0 Å². The van der Waals surface area contributed by atoms with Crippen molar-refractivity contribution in [2.45, 2.75) is 33.0 Å². The van der Waals surface area contributed by atoms with Crippen LogP contribution in [0.25, 0.3) is 0 Å². The molecule has 0 amide bonds. The summed E-state index contributed by atoms with van der Waals surface area (Å²) in [5.74, 6) is 2.18. The third-order valence-corrected chi connectivity index (χ3v) is 4.13. The van der Waals surface area contributed by atoms with Crippen LogP contribution >= 0.6 is 15.9 Å². The predicted molar refractivity (Wildman–Crippen MR) is 87.2 cm³/mol. The number of rotatable bonds is 5. The van der Waals surface area contributed by atoms with Gasteiger partial charge in [0.05, 0.1) is 6.54 Å². The fourth-order valence-corrected chi connectivity index (χ4v) is 3.02. The first-order chi connectivity index (χ1) is 10.3. The van der Waals surface area contributed by atoms with Crippen molar-refractivity contribution in [2.24, 2.45) is 0 Å². The molecule has 0 aliphatic carbocycles. The normalized spacial score (nSPS) is 14.3. The van der Waals surface area contributed by atoms with Gasteiger partial charge >= 0.3 is 0 Å². The molecule has 2 aromatic heterocycles. The van der Waals surface area contributed by atoms with Gasteiger partial charge in [-0.2, -0.15) is 0 Å². The van der Waals surface area contributed by atoms with Gasteiger partial charge in [0.25, 0.3) is 0 Å². The maximum Gasteiger partial charge on any atom is 0.133 e. The molecule has 2 aromatic rings. The fraction of sp³-hybridized carbons (Fsp3) is 0.467. The summed E-state index contributed by atoms with van der Waals surface area (Å²) in [7, 11) is 0. The van der Waals surface area contributed by atoms with Crippen molar-refractivity contribution >= 4 is 21.7 Å². The summed E-state index contributed by atoms with van der Waals surface area (Å²) >= 11 is 3.52. The standard InChI is InChI=1S/C15H20BrN5/c1-2-3-17-9-12-8-13(16)10-19-15(12)21-7-6-20-5-4-18-14(20)11-21/h4-5,8,10,17H,2-3,6-7,9,11H2,1H3. The number of halogens is 1. The van der Waals surface area contributed by atoms with Crippen LogP contribution in [0.5, 0.6) is 0 Å². The number of fused-ring (bicyclic) bond motifs is 1. The molecule has 0 saturated carbocycles. The number of aromatic nitrogens is 3. The van der Waals surface area contributed by atoms with Gasteiger partial charge in [-0.3, -0.25) is 0 Å². The van der Waals surface area contributed by atoms with Gasteiger partial charge < -0.3 is 14.8 Å². The Morgan fingerprint density at radius 1 is 1.33 bits per heavy atom. The first kappa shape index (κ1) is 14.5. The second-order valence-electron chi connectivity index (χ2n) is 5.27. The first-order valence-corrected chi connectivity index (χ1v) is 8.17. The Morgan fingerprint density at radius 2 is 2.24 bits per heavy atom. The highest BCUT2D eigenvalue weighted by atomic mass is 79.9. The van der Waals surface area contributed by atoms with Gasteiger partial charge in [-0.05, 0) is 35.0 Å². The lowest BCUT2D eigenvalue weighted by atomic mass is 10.2. The van der Waals surface area contributed by atoms with E-state index in [2.05, 4.69) is 53.7 Å². The first-order valence-electron chi connectivity index (χ1n) is 7.38. The van der Waals surface area contributed by atoms with Crippen LogP contribution in [0.15, 0.2) is 29.1 Å². The van der Waals surface area contributed by atoms with E-state index in [1.807, 2.05) is 18.6 Å². The molecule has 1 aliphatic heterocycles. The summed E-state index contributed by atoms with van der Waals surface area (Å²) in [5, 5.41) is 3.46. The number of pyridine rings is 1. The molecule has 3 heterocycles. The Morgan fingerprint density at radius 3 is 3.10 bits per heavy atom. The van der Waals surface area contributed by atoms with Gasteiger partial charge in [-0.25, -0.2) is 9.97 Å². The third kappa shape index (κ3) is 3.27. The smallest absolute Gasteiger partial charge is 0.133 e. The molecule has 3 rings (SSSR count). The summed E-state index contributed by atoms with van der Waals surface area (Å²) in [6, 6.07) is 2.16. The zero-order chi connectivity index (χ0) is 14.7. The number of hydrogen-bond donors (Lipinski definition) is 1. The molecule has 0 unspecified atom stereocenters. The fourth-order valence-electron chi connectivity index (χ4n) is 2.64. The summed E-state index contributed by atoms with van der Waals surface area (Å²) < 4.78 is 3.24. The highest BCUT2D eigenvalue weighted by molar-refractivity contribution is 9.10. The molecule has 0 atom stereocenters. The number of nitrogens with zero attached hydrogens (tertiary/aromatic N) is 4. The van der Waals surface area contributed by atoms with E-state index < -0.39 is 0 Å². The molecule has 0 radical (unpaired) electrons. The monoisotopic (exact) mass is 349 g/mol. The van der Waals surface area contributed by atoms with E-state index in [1.165, 1.54) is 5.56 Å². The van der Waals surface area contributed by atoms with Crippen LogP contribution in [0.1, 0.15) is 24.7 Å². The van der Waals surface area contributed by atoms with Gasteiger partial charge in [-0.1, -0.05) is 6.92 Å². The molecule has 1 N–H and O–H groups in total. The van der Waals surface area contributed by atoms with Crippen LogP contribution in [0.4, 0.5) is 5.82 Å². The minimum atomic E-state index is 0.822. The van der Waals surface area contributed by atoms with Crippen molar-refractivity contribution in [1.29, 1.82) is 0 Å². The molecule has 0 fully saturated rings. The van der Waals surface area contributed by atoms with E-state index in [1.54, 1.807) is 0 Å². The van der Waals surface area contributed by atoms with Crippen LogP contribution in [-0.2, 0) is 19.6 Å². The highest BCUT2D eigenvalue weighted by Gasteiger charge is 2.20. The van der Waals surface area contributed by atoms with Gasteiger partial charge in [0.15, 0.2) is 0 Å². The minimum absolute atomic E-state index is 0.822. The molecule has 5 nitrogen and oxygen atoms in total. The van der Waals surface area contributed by atoms with E-state index in [4.69, 9.17) is 0 Å². The predicted octanol–water partition coefficient (Wildman–Crippen LogP) is 2.56. The quantitative estimate of drug-likeness (QED) is 0.842. The number of imidazole rings is 1. The molecule has 0 aromatic carbocycles. The van der Waals surface area contributed by atoms with E-state index in [0.29, 0.717) is 0 Å². The maximum atomic E-state index is 4.64. The van der Waals surface area contributed by atoms with E-state index >= 15 is 0 Å². The third-order valence-electron chi connectivity index (χ3n) is 3.70. The van der Waals surface area contributed by atoms with E-state index in [0.717, 1.165) is 55.3 Å². The van der Waals surface area contributed by atoms with Crippen molar-refractivity contribution in [3.63, 3.8) is 0 Å². The van der Waals surface area contributed by atoms with Crippen LogP contribution in [-0.4, -0.2) is 27.6 Å². The highest BCUT2D eigenvalue weighted by Crippen LogP contribution is 2.24. The topological polar surface area (TPSA) is 46.0 Å². The largest absolute Gasteiger partial charge is 0.347 e. The van der Waals surface area contributed by atoms with Crippen LogP contribution in [0.3, 0.4) is 0 Å². The van der Waals surface area contributed by atoms with Crippen molar-refractivity contribution in [3.05, 3.63) is 40.5 Å². The minimum Gasteiger partial charge on any atom is -0.347 e. The molecule has 21 heavy (non-hydrogen) atoms. The Bertz CT molecular complexity index is 610. The van der Waals surface area contributed by atoms with E-state index in [-0.39, 0.29) is 0 Å². The van der Waals surface area contributed by atoms with Crippen molar-refractivity contribution in [2.75, 3.05) is 18.0 Å². The van der Waals surface area contributed by atoms with Crippen LogP contribution in [0.2, 0.25) is 0 Å². The summed E-state index contributed by atoms with van der Waals surface area (Å²) in [5.41, 5.74) is 1.23. The molecule has 6 heteroatoms. The molecular weight excluding hydrogens is 330 g/mol. The lowest BCUT2D eigenvalue weighted by molar-refractivity contribution is 0.553. The van der Waals surface area contributed by atoms with Crippen LogP contribution < -0.4 is 10.2 Å². The number of nitrogens with one attached hydrogen (secondary N) is 1. The summed E-state index contributed by atoms with van der Waals surface area (Å²) in [6.07, 6.45) is 6.93.